The highest BCUT2D eigenvalue weighted by Gasteiger charge is 2.38. The van der Waals surface area contributed by atoms with Crippen LogP contribution in [-0.4, -0.2) is 22.5 Å². The van der Waals surface area contributed by atoms with Gasteiger partial charge in [0.1, 0.15) is 10.8 Å². The van der Waals surface area contributed by atoms with E-state index in [1.54, 1.807) is 5.32 Å². The number of pyridine rings is 1. The molecule has 3 N–H and O–H groups in total. The molecule has 1 heterocycles. The first-order chi connectivity index (χ1) is 9.93. The molecule has 122 valence electrons. The summed E-state index contributed by atoms with van der Waals surface area (Å²) in [4.78, 5) is 13.0. The van der Waals surface area contributed by atoms with E-state index in [4.69, 9.17) is 17.3 Å². The number of hydrogen-bond acceptors (Lipinski definition) is 3. The predicted molar refractivity (Wildman–Crippen MR) is 64.8 cm³/mol. The molecule has 0 saturated carbocycles. The van der Waals surface area contributed by atoms with Crippen LogP contribution >= 0.6 is 11.6 Å². The van der Waals surface area contributed by atoms with E-state index >= 15 is 0 Å². The van der Waals surface area contributed by atoms with E-state index in [-0.39, 0.29) is 6.20 Å². The second-order valence-corrected chi connectivity index (χ2v) is 4.24. The second kappa shape index (κ2) is 6.25. The Bertz CT molecular complexity index is 607. The number of alkyl halides is 5. The third kappa shape index (κ3) is 4.65. The molecule has 0 aliphatic carbocycles. The number of nitrogens with one attached hydrogen (secondary N) is 1. The number of nitrogens with two attached hydrogens (primary N) is 1. The van der Waals surface area contributed by atoms with E-state index in [9.17, 15) is 32.1 Å². The standard InChI is InChI=1S/C9H7ClF5N5O2/c10-5-1-4(9(13,14)15)2-17-6(5)8(11,12)3-18-7(16)19-20(21)22/h1-2H,3H2,(H3,16,18,19). The van der Waals surface area contributed by atoms with Gasteiger partial charge < -0.3 is 11.1 Å². The molecule has 0 amide bonds. The molecule has 1 aromatic heterocycles. The maximum atomic E-state index is 13.8. The Balaban J connectivity index is 2.96. The molecule has 0 atom stereocenters. The minimum Gasteiger partial charge on any atom is -0.365 e. The summed E-state index contributed by atoms with van der Waals surface area (Å²) in [6, 6.07) is 0.298. The molecule has 0 aliphatic rings. The second-order valence-electron chi connectivity index (χ2n) is 3.83. The Morgan fingerprint density at radius 2 is 2.05 bits per heavy atom. The van der Waals surface area contributed by atoms with Crippen LogP contribution in [0.15, 0.2) is 17.4 Å². The van der Waals surface area contributed by atoms with E-state index in [0.717, 1.165) is 0 Å². The molecule has 0 saturated heterocycles. The normalized spacial score (nSPS) is 13.1. The van der Waals surface area contributed by atoms with Gasteiger partial charge >= 0.3 is 12.1 Å². The van der Waals surface area contributed by atoms with Crippen molar-refractivity contribution in [2.75, 3.05) is 6.54 Å². The van der Waals surface area contributed by atoms with Crippen LogP contribution < -0.4 is 11.1 Å². The number of nitrogens with zero attached hydrogens (tertiary/aromatic N) is 3. The average Bonchev–Trinajstić information content (AvgIpc) is 2.34. The summed E-state index contributed by atoms with van der Waals surface area (Å²) in [6.07, 6.45) is -4.59. The first-order valence-corrected chi connectivity index (χ1v) is 5.64. The zero-order chi connectivity index (χ0) is 17.1. The number of halogens is 6. The molecule has 0 fully saturated rings. The third-order valence-corrected chi connectivity index (χ3v) is 2.48. The van der Waals surface area contributed by atoms with E-state index in [0.29, 0.717) is 6.07 Å². The van der Waals surface area contributed by atoms with Gasteiger partial charge in [0.2, 0.25) is 0 Å². The molecule has 0 unspecified atom stereocenters. The van der Waals surface area contributed by atoms with Gasteiger partial charge in [0.25, 0.3) is 5.96 Å². The van der Waals surface area contributed by atoms with Gasteiger partial charge in [0, 0.05) is 6.20 Å². The minimum absolute atomic E-state index is 0.198. The van der Waals surface area contributed by atoms with Crippen molar-refractivity contribution < 1.29 is 27.0 Å². The summed E-state index contributed by atoms with van der Waals surface area (Å²) in [7, 11) is 0. The van der Waals surface area contributed by atoms with Gasteiger partial charge in [0.05, 0.1) is 17.1 Å². The smallest absolute Gasteiger partial charge is 0.365 e. The largest absolute Gasteiger partial charge is 0.417 e. The lowest BCUT2D eigenvalue weighted by atomic mass is 10.1. The fourth-order valence-corrected chi connectivity index (χ4v) is 1.58. The van der Waals surface area contributed by atoms with Crippen molar-refractivity contribution >= 4 is 17.6 Å². The highest BCUT2D eigenvalue weighted by molar-refractivity contribution is 6.31. The SMILES string of the molecule is NC(=N[N+](=O)[O-])NCC(F)(F)c1ncc(C(F)(F)F)cc1Cl. The summed E-state index contributed by atoms with van der Waals surface area (Å²) in [5.74, 6) is -4.74. The number of guanidine groups is 1. The highest BCUT2D eigenvalue weighted by Crippen LogP contribution is 2.35. The van der Waals surface area contributed by atoms with Crippen molar-refractivity contribution in [3.63, 3.8) is 0 Å². The molecule has 7 nitrogen and oxygen atoms in total. The molecule has 1 rings (SSSR count). The van der Waals surface area contributed by atoms with Crippen LogP contribution in [0.3, 0.4) is 0 Å². The molecular weight excluding hydrogens is 341 g/mol. The minimum atomic E-state index is -4.79. The highest BCUT2D eigenvalue weighted by atomic mass is 35.5. The van der Waals surface area contributed by atoms with Crippen molar-refractivity contribution in [1.82, 2.24) is 10.3 Å². The van der Waals surface area contributed by atoms with Crippen molar-refractivity contribution in [2.24, 2.45) is 10.8 Å². The van der Waals surface area contributed by atoms with Crippen molar-refractivity contribution in [1.29, 1.82) is 0 Å². The quantitative estimate of drug-likeness (QED) is 0.284. The fraction of sp³-hybridized carbons (Fsp3) is 0.333. The Kier molecular flexibility index (Phi) is 5.06. The van der Waals surface area contributed by atoms with E-state index in [1.807, 2.05) is 0 Å². The summed E-state index contributed by atoms with van der Waals surface area (Å²) < 4.78 is 64.7. The molecule has 0 aliphatic heterocycles. The van der Waals surface area contributed by atoms with Crippen LogP contribution in [-0.2, 0) is 12.1 Å². The molecule has 1 aromatic rings. The van der Waals surface area contributed by atoms with Gasteiger partial charge in [-0.2, -0.15) is 22.0 Å². The lowest BCUT2D eigenvalue weighted by Crippen LogP contribution is -2.40. The number of hydrogen-bond donors (Lipinski definition) is 2. The first kappa shape index (κ1) is 17.8. The molecule has 0 aromatic carbocycles. The molecular formula is C9H7ClF5N5O2. The Morgan fingerprint density at radius 1 is 1.45 bits per heavy atom. The maximum absolute atomic E-state index is 13.8. The maximum Gasteiger partial charge on any atom is 0.417 e. The zero-order valence-corrected chi connectivity index (χ0v) is 11.1. The average molecular weight is 348 g/mol. The molecule has 0 radical (unpaired) electrons. The van der Waals surface area contributed by atoms with Crippen LogP contribution in [0, 0.1) is 10.1 Å². The lowest BCUT2D eigenvalue weighted by molar-refractivity contribution is -0.485. The third-order valence-electron chi connectivity index (χ3n) is 2.20. The van der Waals surface area contributed by atoms with Crippen LogP contribution in [0.1, 0.15) is 11.3 Å². The van der Waals surface area contributed by atoms with E-state index in [2.05, 4.69) is 10.1 Å². The van der Waals surface area contributed by atoms with Gasteiger partial charge in [0.15, 0.2) is 5.03 Å². The van der Waals surface area contributed by atoms with Crippen molar-refractivity contribution in [2.45, 2.75) is 12.1 Å². The fourth-order valence-electron chi connectivity index (χ4n) is 1.27. The van der Waals surface area contributed by atoms with Crippen LogP contribution in [0.25, 0.3) is 0 Å². The zero-order valence-electron chi connectivity index (χ0n) is 10.4. The number of aromatic nitrogens is 1. The molecule has 0 bridgehead atoms. The summed E-state index contributed by atoms with van der Waals surface area (Å²) in [5, 5.41) is 12.1. The summed E-state index contributed by atoms with van der Waals surface area (Å²) >= 11 is 5.38. The van der Waals surface area contributed by atoms with Crippen molar-refractivity contribution in [3.05, 3.63) is 38.7 Å². The Hall–Kier alpha value is -2.24. The van der Waals surface area contributed by atoms with E-state index < -0.39 is 45.9 Å². The van der Waals surface area contributed by atoms with Crippen LogP contribution in [0.4, 0.5) is 22.0 Å². The molecule has 13 heteroatoms. The van der Waals surface area contributed by atoms with Gasteiger partial charge in [-0.25, -0.2) is 10.1 Å². The molecule has 22 heavy (non-hydrogen) atoms. The number of hydrazone groups is 1. The Labute approximate surface area is 124 Å². The monoisotopic (exact) mass is 347 g/mol. The summed E-state index contributed by atoms with van der Waals surface area (Å²) in [5.41, 5.74) is 2.51. The topological polar surface area (TPSA) is 106 Å². The van der Waals surface area contributed by atoms with Gasteiger partial charge in [-0.15, -0.1) is 0 Å². The number of rotatable bonds is 4. The lowest BCUT2D eigenvalue weighted by Gasteiger charge is -2.18. The first-order valence-electron chi connectivity index (χ1n) is 5.27. The van der Waals surface area contributed by atoms with Crippen molar-refractivity contribution in [3.8, 4) is 0 Å². The molecule has 0 spiro atoms. The van der Waals surface area contributed by atoms with Crippen LogP contribution in [0.2, 0.25) is 5.02 Å². The van der Waals surface area contributed by atoms with Crippen LogP contribution in [0.5, 0.6) is 0 Å². The summed E-state index contributed by atoms with van der Waals surface area (Å²) in [6.45, 7) is -1.30. The van der Waals surface area contributed by atoms with Gasteiger partial charge in [-0.05, 0) is 6.07 Å². The number of nitro groups is 1. The van der Waals surface area contributed by atoms with Gasteiger partial charge in [-0.3, -0.25) is 4.98 Å². The Morgan fingerprint density at radius 3 is 2.50 bits per heavy atom. The predicted octanol–water partition coefficient (Wildman–Crippen LogP) is 1.94. The van der Waals surface area contributed by atoms with Gasteiger partial charge in [-0.1, -0.05) is 11.6 Å². The van der Waals surface area contributed by atoms with E-state index in [1.165, 1.54) is 0 Å².